The second kappa shape index (κ2) is 6.31. The summed E-state index contributed by atoms with van der Waals surface area (Å²) in [5.41, 5.74) is 2.22. The summed E-state index contributed by atoms with van der Waals surface area (Å²) in [6, 6.07) is 9.02. The maximum absolute atomic E-state index is 13.4. The predicted molar refractivity (Wildman–Crippen MR) is 83.7 cm³/mol. The van der Waals surface area contributed by atoms with Gasteiger partial charge < -0.3 is 0 Å². The van der Waals surface area contributed by atoms with Crippen LogP contribution >= 0.6 is 43.2 Å². The van der Waals surface area contributed by atoms with Crippen LogP contribution in [-0.2, 0) is 11.8 Å². The fraction of sp³-hybridized carbons (Fsp3) is 0.286. The molecule has 1 aromatic carbocycles. The zero-order valence-electron chi connectivity index (χ0n) is 9.70. The molecule has 18 heavy (non-hydrogen) atoms. The van der Waals surface area contributed by atoms with E-state index in [0.29, 0.717) is 0 Å². The Labute approximate surface area is 127 Å². The fourth-order valence-corrected chi connectivity index (χ4v) is 4.63. The van der Waals surface area contributed by atoms with Gasteiger partial charge in [0.2, 0.25) is 0 Å². The lowest BCUT2D eigenvalue weighted by Crippen LogP contribution is -2.32. The van der Waals surface area contributed by atoms with Crippen molar-refractivity contribution in [3.05, 3.63) is 58.0 Å². The SMILES string of the molecule is Fc1cccc(C(CBr)(CBr)Cc2ccsc2)c1. The van der Waals surface area contributed by atoms with E-state index in [9.17, 15) is 4.39 Å². The first-order valence-corrected chi connectivity index (χ1v) is 8.78. The van der Waals surface area contributed by atoms with E-state index in [0.717, 1.165) is 22.6 Å². The van der Waals surface area contributed by atoms with Gasteiger partial charge in [-0.3, -0.25) is 0 Å². The van der Waals surface area contributed by atoms with Crippen LogP contribution in [0.5, 0.6) is 0 Å². The highest BCUT2D eigenvalue weighted by Crippen LogP contribution is 2.33. The Hall–Kier alpha value is -0.190. The molecule has 0 radical (unpaired) electrons. The highest BCUT2D eigenvalue weighted by atomic mass is 79.9. The van der Waals surface area contributed by atoms with Crippen molar-refractivity contribution < 1.29 is 4.39 Å². The van der Waals surface area contributed by atoms with Gasteiger partial charge in [-0.15, -0.1) is 0 Å². The summed E-state index contributed by atoms with van der Waals surface area (Å²) in [4.78, 5) is 0. The van der Waals surface area contributed by atoms with Gasteiger partial charge in [0.25, 0.3) is 0 Å². The van der Waals surface area contributed by atoms with Crippen molar-refractivity contribution >= 4 is 43.2 Å². The molecule has 0 saturated carbocycles. The summed E-state index contributed by atoms with van der Waals surface area (Å²) in [6.07, 6.45) is 0.899. The van der Waals surface area contributed by atoms with E-state index >= 15 is 0 Å². The molecule has 4 heteroatoms. The first kappa shape index (κ1) is 14.2. The molecule has 1 aromatic heterocycles. The minimum Gasteiger partial charge on any atom is -0.207 e. The smallest absolute Gasteiger partial charge is 0.123 e. The van der Waals surface area contributed by atoms with Gasteiger partial charge in [-0.25, -0.2) is 4.39 Å². The maximum atomic E-state index is 13.4. The Bertz CT molecular complexity index is 492. The van der Waals surface area contributed by atoms with Crippen LogP contribution in [0, 0.1) is 5.82 Å². The van der Waals surface area contributed by atoms with Gasteiger partial charge in [0.05, 0.1) is 0 Å². The van der Waals surface area contributed by atoms with Crippen molar-refractivity contribution in [2.75, 3.05) is 10.7 Å². The predicted octanol–water partition coefficient (Wildman–Crippen LogP) is 5.16. The summed E-state index contributed by atoms with van der Waals surface area (Å²) in [6.45, 7) is 0. The third kappa shape index (κ3) is 3.03. The Morgan fingerprint density at radius 2 is 1.94 bits per heavy atom. The van der Waals surface area contributed by atoms with Crippen LogP contribution < -0.4 is 0 Å². The number of hydrogen-bond donors (Lipinski definition) is 0. The van der Waals surface area contributed by atoms with Crippen molar-refractivity contribution in [3.63, 3.8) is 0 Å². The minimum atomic E-state index is -0.177. The summed E-state index contributed by atoms with van der Waals surface area (Å²) < 4.78 is 13.4. The van der Waals surface area contributed by atoms with E-state index in [1.807, 2.05) is 6.07 Å². The summed E-state index contributed by atoms with van der Waals surface area (Å²) in [5, 5.41) is 5.82. The molecule has 0 nitrogen and oxygen atoms in total. The highest BCUT2D eigenvalue weighted by Gasteiger charge is 2.30. The quantitative estimate of drug-likeness (QED) is 0.617. The molecule has 0 fully saturated rings. The number of rotatable bonds is 5. The molecular formula is C14H13Br2FS. The van der Waals surface area contributed by atoms with Gasteiger partial charge in [-0.1, -0.05) is 44.0 Å². The number of thiophene rings is 1. The molecule has 96 valence electrons. The number of benzene rings is 1. The molecule has 0 atom stereocenters. The van der Waals surface area contributed by atoms with E-state index in [1.165, 1.54) is 11.6 Å². The topological polar surface area (TPSA) is 0 Å². The third-order valence-electron chi connectivity index (χ3n) is 3.07. The molecular weight excluding hydrogens is 379 g/mol. The summed E-state index contributed by atoms with van der Waals surface area (Å²) >= 11 is 8.88. The van der Waals surface area contributed by atoms with Gasteiger partial charge in [0.1, 0.15) is 5.82 Å². The molecule has 0 bridgehead atoms. The van der Waals surface area contributed by atoms with Crippen molar-refractivity contribution in [3.8, 4) is 0 Å². The van der Waals surface area contributed by atoms with Gasteiger partial charge in [0, 0.05) is 16.1 Å². The van der Waals surface area contributed by atoms with Gasteiger partial charge in [-0.05, 0) is 46.5 Å². The standard InChI is InChI=1S/C14H13Br2FS/c15-9-14(10-16,7-11-4-5-18-8-11)12-2-1-3-13(17)6-12/h1-6,8H,7,9-10H2. The zero-order chi connectivity index (χ0) is 13.0. The number of hydrogen-bond acceptors (Lipinski definition) is 1. The van der Waals surface area contributed by atoms with Crippen LogP contribution in [0.25, 0.3) is 0 Å². The molecule has 2 aromatic rings. The van der Waals surface area contributed by atoms with Crippen LogP contribution in [0.4, 0.5) is 4.39 Å². The number of halogens is 3. The Balaban J connectivity index is 2.37. The third-order valence-corrected chi connectivity index (χ3v) is 5.95. The molecule has 0 spiro atoms. The molecule has 0 aliphatic carbocycles. The van der Waals surface area contributed by atoms with Crippen molar-refractivity contribution in [2.24, 2.45) is 0 Å². The summed E-state index contributed by atoms with van der Waals surface area (Å²) in [7, 11) is 0. The second-order valence-electron chi connectivity index (χ2n) is 4.37. The van der Waals surface area contributed by atoms with Crippen molar-refractivity contribution in [1.82, 2.24) is 0 Å². The Morgan fingerprint density at radius 1 is 1.17 bits per heavy atom. The molecule has 0 N–H and O–H groups in total. The average Bonchev–Trinajstić information content (AvgIpc) is 2.89. The van der Waals surface area contributed by atoms with Crippen LogP contribution in [0.15, 0.2) is 41.1 Å². The van der Waals surface area contributed by atoms with Crippen LogP contribution in [-0.4, -0.2) is 10.7 Å². The van der Waals surface area contributed by atoms with Gasteiger partial charge in [-0.2, -0.15) is 11.3 Å². The lowest BCUT2D eigenvalue weighted by molar-refractivity contribution is 0.542. The Kier molecular flexibility index (Phi) is 4.98. The van der Waals surface area contributed by atoms with E-state index < -0.39 is 0 Å². The normalized spacial score (nSPS) is 11.7. The molecule has 0 saturated heterocycles. The fourth-order valence-electron chi connectivity index (χ4n) is 1.99. The lowest BCUT2D eigenvalue weighted by atomic mass is 9.79. The second-order valence-corrected chi connectivity index (χ2v) is 6.27. The average molecular weight is 392 g/mol. The van der Waals surface area contributed by atoms with Crippen molar-refractivity contribution in [1.29, 1.82) is 0 Å². The van der Waals surface area contributed by atoms with Crippen LogP contribution in [0.2, 0.25) is 0 Å². The van der Waals surface area contributed by atoms with Crippen LogP contribution in [0.1, 0.15) is 11.1 Å². The minimum absolute atomic E-state index is 0.108. The molecule has 1 heterocycles. The maximum Gasteiger partial charge on any atom is 0.123 e. The van der Waals surface area contributed by atoms with Crippen LogP contribution in [0.3, 0.4) is 0 Å². The van der Waals surface area contributed by atoms with E-state index in [2.05, 4.69) is 48.7 Å². The molecule has 0 aliphatic rings. The van der Waals surface area contributed by atoms with Gasteiger partial charge in [0.15, 0.2) is 0 Å². The zero-order valence-corrected chi connectivity index (χ0v) is 13.7. The lowest BCUT2D eigenvalue weighted by Gasteiger charge is -2.30. The number of alkyl halides is 2. The van der Waals surface area contributed by atoms with E-state index in [4.69, 9.17) is 0 Å². The molecule has 2 rings (SSSR count). The Morgan fingerprint density at radius 3 is 2.50 bits per heavy atom. The molecule has 0 aliphatic heterocycles. The van der Waals surface area contributed by atoms with Crippen molar-refractivity contribution in [2.45, 2.75) is 11.8 Å². The largest absolute Gasteiger partial charge is 0.207 e. The highest BCUT2D eigenvalue weighted by molar-refractivity contribution is 9.09. The first-order chi connectivity index (χ1) is 8.70. The summed E-state index contributed by atoms with van der Waals surface area (Å²) in [5.74, 6) is -0.177. The first-order valence-electron chi connectivity index (χ1n) is 5.59. The van der Waals surface area contributed by atoms with Gasteiger partial charge >= 0.3 is 0 Å². The monoisotopic (exact) mass is 390 g/mol. The van der Waals surface area contributed by atoms with E-state index in [-0.39, 0.29) is 11.2 Å². The molecule has 0 amide bonds. The molecule has 0 unspecified atom stereocenters. The van der Waals surface area contributed by atoms with E-state index in [1.54, 1.807) is 23.5 Å².